The number of fused-ring (bicyclic) bond motifs is 3. The molecule has 1 N–H and O–H groups in total. The van der Waals surface area contributed by atoms with E-state index in [0.29, 0.717) is 79.8 Å². The first-order chi connectivity index (χ1) is 19.3. The van der Waals surface area contributed by atoms with Crippen LogP contribution in [0.4, 0.5) is 0 Å². The predicted molar refractivity (Wildman–Crippen MR) is 147 cm³/mol. The van der Waals surface area contributed by atoms with E-state index in [-0.39, 0.29) is 36.4 Å². The zero-order valence-corrected chi connectivity index (χ0v) is 23.7. The fourth-order valence-corrected chi connectivity index (χ4v) is 7.06. The Morgan fingerprint density at radius 3 is 2.48 bits per heavy atom. The number of amides is 3. The van der Waals surface area contributed by atoms with Crippen LogP contribution in [0.15, 0.2) is 24.3 Å². The summed E-state index contributed by atoms with van der Waals surface area (Å²) in [6.07, 6.45) is 2.26. The fourth-order valence-electron chi connectivity index (χ4n) is 6.88. The van der Waals surface area contributed by atoms with E-state index in [4.69, 9.17) is 26.5 Å². The van der Waals surface area contributed by atoms with Crippen molar-refractivity contribution in [1.29, 1.82) is 0 Å². The smallest absolute Gasteiger partial charge is 0.274 e. The van der Waals surface area contributed by atoms with Crippen molar-refractivity contribution in [3.63, 3.8) is 0 Å². The van der Waals surface area contributed by atoms with Gasteiger partial charge < -0.3 is 24.5 Å². The minimum absolute atomic E-state index is 0.00209. The standard InChI is InChI=1S/C29H36ClN5O5/c1-17-13-19(40-23-6-4-3-5-21(23)30)7-8-34(17)24(37)15-35-22-14-20-18(2)26(20)27(22)28(31-35)29(39)33-11-9-32(10-12-33)25(38)16-36/h3-6,17-20,26,36H,7-16H2,1-2H3/t17-,18?,19-,20?,26?/m1/s1. The van der Waals surface area contributed by atoms with E-state index in [1.54, 1.807) is 14.5 Å². The number of piperazine rings is 1. The third-order valence-electron chi connectivity index (χ3n) is 9.24. The van der Waals surface area contributed by atoms with Gasteiger partial charge in [-0.05, 0) is 43.2 Å². The van der Waals surface area contributed by atoms with E-state index < -0.39 is 6.61 Å². The second kappa shape index (κ2) is 10.7. The van der Waals surface area contributed by atoms with Crippen molar-refractivity contribution in [2.45, 2.75) is 57.7 Å². The molecule has 2 saturated heterocycles. The van der Waals surface area contributed by atoms with Crippen LogP contribution in [-0.4, -0.2) is 98.8 Å². The molecule has 1 aromatic heterocycles. The van der Waals surface area contributed by atoms with Crippen LogP contribution in [0.1, 0.15) is 54.4 Å². The molecule has 4 aliphatic rings. The number of rotatable bonds is 6. The Bertz CT molecular complexity index is 1320. The lowest BCUT2D eigenvalue weighted by atomic mass is 10.0. The van der Waals surface area contributed by atoms with E-state index in [2.05, 4.69) is 6.92 Å². The van der Waals surface area contributed by atoms with Gasteiger partial charge in [0.2, 0.25) is 11.8 Å². The van der Waals surface area contributed by atoms with Gasteiger partial charge in [0.25, 0.3) is 5.91 Å². The normalized spacial score (nSPS) is 27.3. The number of likely N-dealkylation sites (tertiary alicyclic amines) is 1. The fraction of sp³-hybridized carbons (Fsp3) is 0.586. The Hall–Kier alpha value is -3.11. The minimum atomic E-state index is -0.522. The molecule has 3 heterocycles. The molecule has 0 radical (unpaired) electrons. The number of carbonyl (C=O) groups excluding carboxylic acids is 3. The number of carbonyl (C=O) groups is 3. The van der Waals surface area contributed by atoms with Crippen LogP contribution in [0.3, 0.4) is 0 Å². The zero-order valence-electron chi connectivity index (χ0n) is 23.0. The SMILES string of the molecule is CC1C2Cc3c(c(C(=O)N4CCN(C(=O)CO)CC4)nn3CC(=O)N3CC[C@@H](Oc4ccccc4Cl)C[C@H]3C)C12. The van der Waals surface area contributed by atoms with Crippen molar-refractivity contribution in [1.82, 2.24) is 24.5 Å². The Labute approximate surface area is 238 Å². The first-order valence-electron chi connectivity index (χ1n) is 14.2. The second-order valence-electron chi connectivity index (χ2n) is 11.6. The molecule has 214 valence electrons. The van der Waals surface area contributed by atoms with Crippen LogP contribution < -0.4 is 4.74 Å². The molecule has 2 aliphatic carbocycles. The molecule has 6 rings (SSSR count). The number of halogens is 1. The Morgan fingerprint density at radius 1 is 1.05 bits per heavy atom. The number of para-hydroxylation sites is 1. The van der Waals surface area contributed by atoms with Crippen molar-refractivity contribution < 1.29 is 24.2 Å². The van der Waals surface area contributed by atoms with Crippen molar-refractivity contribution in [2.24, 2.45) is 11.8 Å². The third-order valence-corrected chi connectivity index (χ3v) is 9.56. The molecule has 3 unspecified atom stereocenters. The average molecular weight is 570 g/mol. The zero-order chi connectivity index (χ0) is 28.1. The number of benzene rings is 1. The number of aliphatic hydroxyl groups is 1. The summed E-state index contributed by atoms with van der Waals surface area (Å²) in [4.78, 5) is 44.2. The van der Waals surface area contributed by atoms with Crippen LogP contribution in [0.5, 0.6) is 5.75 Å². The summed E-state index contributed by atoms with van der Waals surface area (Å²) < 4.78 is 7.91. The van der Waals surface area contributed by atoms with Gasteiger partial charge >= 0.3 is 0 Å². The highest BCUT2D eigenvalue weighted by molar-refractivity contribution is 6.32. The summed E-state index contributed by atoms with van der Waals surface area (Å²) in [7, 11) is 0. The maximum Gasteiger partial charge on any atom is 0.274 e. The molecule has 0 spiro atoms. The number of piperidine rings is 1. The topological polar surface area (TPSA) is 108 Å². The predicted octanol–water partition coefficient (Wildman–Crippen LogP) is 2.18. The van der Waals surface area contributed by atoms with Crippen molar-refractivity contribution in [3.05, 3.63) is 46.2 Å². The highest BCUT2D eigenvalue weighted by Gasteiger charge is 2.56. The van der Waals surface area contributed by atoms with Gasteiger partial charge in [-0.3, -0.25) is 19.1 Å². The van der Waals surface area contributed by atoms with Gasteiger partial charge in [-0.2, -0.15) is 5.10 Å². The molecule has 2 aliphatic heterocycles. The number of aliphatic hydroxyl groups excluding tert-OH is 1. The van der Waals surface area contributed by atoms with Gasteiger partial charge in [0.05, 0.1) is 5.02 Å². The summed E-state index contributed by atoms with van der Waals surface area (Å²) in [6, 6.07) is 7.44. The summed E-state index contributed by atoms with van der Waals surface area (Å²) in [5, 5.41) is 14.5. The van der Waals surface area contributed by atoms with Crippen LogP contribution in [0, 0.1) is 11.8 Å². The summed E-state index contributed by atoms with van der Waals surface area (Å²) >= 11 is 6.27. The highest BCUT2D eigenvalue weighted by atomic mass is 35.5. The summed E-state index contributed by atoms with van der Waals surface area (Å²) in [5.41, 5.74) is 2.49. The van der Waals surface area contributed by atoms with Crippen LogP contribution in [0.2, 0.25) is 5.02 Å². The third kappa shape index (κ3) is 4.85. The molecule has 40 heavy (non-hydrogen) atoms. The molecule has 2 aromatic rings. The van der Waals surface area contributed by atoms with E-state index >= 15 is 0 Å². The van der Waals surface area contributed by atoms with Gasteiger partial charge in [0.15, 0.2) is 5.69 Å². The van der Waals surface area contributed by atoms with Crippen molar-refractivity contribution >= 4 is 29.3 Å². The Morgan fingerprint density at radius 2 is 1.77 bits per heavy atom. The summed E-state index contributed by atoms with van der Waals surface area (Å²) in [6.45, 7) is 6.02. The first-order valence-corrected chi connectivity index (χ1v) is 14.6. The van der Waals surface area contributed by atoms with Crippen LogP contribution >= 0.6 is 11.6 Å². The number of aromatic nitrogens is 2. The van der Waals surface area contributed by atoms with E-state index in [9.17, 15) is 14.4 Å². The number of nitrogens with zero attached hydrogens (tertiary/aromatic N) is 5. The lowest BCUT2D eigenvalue weighted by Crippen LogP contribution is -2.51. The van der Waals surface area contributed by atoms with E-state index in [1.165, 1.54) is 0 Å². The second-order valence-corrected chi connectivity index (χ2v) is 12.0. The molecule has 1 saturated carbocycles. The van der Waals surface area contributed by atoms with Crippen LogP contribution in [-0.2, 0) is 22.6 Å². The van der Waals surface area contributed by atoms with Gasteiger partial charge in [-0.1, -0.05) is 30.7 Å². The molecular formula is C29H36ClN5O5. The lowest BCUT2D eigenvalue weighted by Gasteiger charge is -2.37. The van der Waals surface area contributed by atoms with Crippen molar-refractivity contribution in [2.75, 3.05) is 39.3 Å². The first kappa shape index (κ1) is 27.1. The van der Waals surface area contributed by atoms with Crippen LogP contribution in [0.25, 0.3) is 0 Å². The number of hydrogen-bond acceptors (Lipinski definition) is 6. The van der Waals surface area contributed by atoms with Gasteiger partial charge in [-0.15, -0.1) is 0 Å². The van der Waals surface area contributed by atoms with Crippen molar-refractivity contribution in [3.8, 4) is 5.75 Å². The molecule has 5 atom stereocenters. The molecule has 3 fully saturated rings. The molecule has 10 nitrogen and oxygen atoms in total. The van der Waals surface area contributed by atoms with Gasteiger partial charge in [0, 0.05) is 62.9 Å². The van der Waals surface area contributed by atoms with Gasteiger partial charge in [-0.25, -0.2) is 0 Å². The minimum Gasteiger partial charge on any atom is -0.489 e. The quantitative estimate of drug-likeness (QED) is 0.571. The molecule has 1 aromatic carbocycles. The molecular weight excluding hydrogens is 534 g/mol. The Kier molecular flexibility index (Phi) is 7.25. The highest BCUT2D eigenvalue weighted by Crippen LogP contribution is 2.62. The monoisotopic (exact) mass is 569 g/mol. The maximum absolute atomic E-state index is 13.6. The molecule has 0 bridgehead atoms. The molecule has 3 amide bonds. The number of ether oxygens (including phenoxy) is 1. The Balaban J connectivity index is 1.13. The van der Waals surface area contributed by atoms with E-state index in [0.717, 1.165) is 17.7 Å². The summed E-state index contributed by atoms with van der Waals surface area (Å²) in [5.74, 6) is 1.56. The largest absolute Gasteiger partial charge is 0.489 e. The van der Waals surface area contributed by atoms with Gasteiger partial charge in [0.1, 0.15) is 25.0 Å². The molecule has 11 heteroatoms. The maximum atomic E-state index is 13.6. The van der Waals surface area contributed by atoms with E-state index in [1.807, 2.05) is 36.1 Å². The lowest BCUT2D eigenvalue weighted by molar-refractivity contribution is -0.137. The average Bonchev–Trinajstić information content (AvgIpc) is 3.25. The number of hydrogen-bond donors (Lipinski definition) is 1.